The van der Waals surface area contributed by atoms with Crippen LogP contribution in [0.1, 0.15) is 5.69 Å². The van der Waals surface area contributed by atoms with E-state index in [1.165, 1.54) is 0 Å². The number of aromatic nitrogens is 1. The molecule has 0 aliphatic carbocycles. The molecule has 18 heavy (non-hydrogen) atoms. The van der Waals surface area contributed by atoms with Crippen LogP contribution in [0.4, 0.5) is 0 Å². The Labute approximate surface area is 120 Å². The minimum Gasteiger partial charge on any atom is -0.250 e. The molecule has 0 atom stereocenters. The fraction of sp³-hybridized carbons (Fsp3) is 0.0769. The topological polar surface area (TPSA) is 36.7 Å². The van der Waals surface area contributed by atoms with Gasteiger partial charge in [-0.3, -0.25) is 4.98 Å². The van der Waals surface area contributed by atoms with Crippen LogP contribution in [0, 0.1) is 11.3 Å². The summed E-state index contributed by atoms with van der Waals surface area (Å²) in [6, 6.07) is 10.7. The van der Waals surface area contributed by atoms with E-state index >= 15 is 0 Å². The molecule has 0 amide bonds. The maximum atomic E-state index is 8.70. The molecule has 0 saturated heterocycles. The lowest BCUT2D eigenvalue weighted by molar-refractivity contribution is 1.12. The molecular weight excluding hydrogens is 291 g/mol. The summed E-state index contributed by atoms with van der Waals surface area (Å²) in [5.41, 5.74) is 2.03. The SMILES string of the molecule is N#CCc1nc(-c2cc(Cl)cc(Cl)c2)ccc1Cl. The molecule has 0 radical (unpaired) electrons. The first-order chi connectivity index (χ1) is 8.60. The predicted molar refractivity (Wildman–Crippen MR) is 74.0 cm³/mol. The average Bonchev–Trinajstić information content (AvgIpc) is 2.31. The number of benzene rings is 1. The van der Waals surface area contributed by atoms with Gasteiger partial charge in [0, 0.05) is 15.6 Å². The summed E-state index contributed by atoms with van der Waals surface area (Å²) < 4.78 is 0. The molecule has 0 fully saturated rings. The lowest BCUT2D eigenvalue weighted by atomic mass is 10.1. The van der Waals surface area contributed by atoms with Crippen molar-refractivity contribution >= 4 is 34.8 Å². The lowest BCUT2D eigenvalue weighted by Gasteiger charge is -2.05. The van der Waals surface area contributed by atoms with Crippen LogP contribution in [0.15, 0.2) is 30.3 Å². The van der Waals surface area contributed by atoms with Gasteiger partial charge in [-0.15, -0.1) is 0 Å². The Morgan fingerprint density at radius 1 is 1.06 bits per heavy atom. The van der Waals surface area contributed by atoms with Crippen LogP contribution in [0.2, 0.25) is 15.1 Å². The van der Waals surface area contributed by atoms with Crippen LogP contribution in [0.3, 0.4) is 0 Å². The zero-order chi connectivity index (χ0) is 13.1. The number of halogens is 3. The summed E-state index contributed by atoms with van der Waals surface area (Å²) >= 11 is 17.8. The van der Waals surface area contributed by atoms with Gasteiger partial charge in [-0.25, -0.2) is 0 Å². The molecule has 5 heteroatoms. The molecule has 0 aliphatic rings. The summed E-state index contributed by atoms with van der Waals surface area (Å²) in [5.74, 6) is 0. The Kier molecular flexibility index (Phi) is 4.08. The van der Waals surface area contributed by atoms with Crippen molar-refractivity contribution in [3.8, 4) is 17.3 Å². The van der Waals surface area contributed by atoms with Crippen molar-refractivity contribution < 1.29 is 0 Å². The van der Waals surface area contributed by atoms with Gasteiger partial charge in [-0.05, 0) is 30.3 Å². The lowest BCUT2D eigenvalue weighted by Crippen LogP contribution is -1.92. The highest BCUT2D eigenvalue weighted by Crippen LogP contribution is 2.27. The molecule has 0 bridgehead atoms. The highest BCUT2D eigenvalue weighted by Gasteiger charge is 2.07. The molecule has 0 saturated carbocycles. The Balaban J connectivity index is 2.51. The predicted octanol–water partition coefficient (Wildman–Crippen LogP) is 4.77. The third-order valence-corrected chi connectivity index (χ3v) is 3.10. The van der Waals surface area contributed by atoms with Crippen molar-refractivity contribution in [2.24, 2.45) is 0 Å². The maximum absolute atomic E-state index is 8.70. The Morgan fingerprint density at radius 2 is 1.72 bits per heavy atom. The van der Waals surface area contributed by atoms with Crippen molar-refractivity contribution in [3.05, 3.63) is 51.1 Å². The number of nitriles is 1. The van der Waals surface area contributed by atoms with Gasteiger partial charge in [0.1, 0.15) is 0 Å². The highest BCUT2D eigenvalue weighted by molar-refractivity contribution is 6.35. The number of hydrogen-bond acceptors (Lipinski definition) is 2. The van der Waals surface area contributed by atoms with Gasteiger partial charge in [0.25, 0.3) is 0 Å². The summed E-state index contributed by atoms with van der Waals surface area (Å²) in [5, 5.41) is 10.3. The molecule has 0 unspecified atom stereocenters. The van der Waals surface area contributed by atoms with Gasteiger partial charge in [-0.2, -0.15) is 5.26 Å². The Hall–Kier alpha value is -1.27. The summed E-state index contributed by atoms with van der Waals surface area (Å²) in [6.45, 7) is 0. The molecule has 1 heterocycles. The fourth-order valence-electron chi connectivity index (χ4n) is 1.55. The van der Waals surface area contributed by atoms with Crippen molar-refractivity contribution in [2.45, 2.75) is 6.42 Å². The molecule has 2 rings (SSSR count). The van der Waals surface area contributed by atoms with Gasteiger partial charge < -0.3 is 0 Å². The number of pyridine rings is 1. The molecule has 1 aromatic carbocycles. The van der Waals surface area contributed by atoms with Gasteiger partial charge in [-0.1, -0.05) is 34.8 Å². The summed E-state index contributed by atoms with van der Waals surface area (Å²) in [6.07, 6.45) is 0.168. The number of nitrogens with zero attached hydrogens (tertiary/aromatic N) is 2. The van der Waals surface area contributed by atoms with E-state index in [0.717, 1.165) is 5.56 Å². The van der Waals surface area contributed by atoms with Crippen LogP contribution >= 0.6 is 34.8 Å². The van der Waals surface area contributed by atoms with E-state index in [1.807, 2.05) is 6.07 Å². The fourth-order valence-corrected chi connectivity index (χ4v) is 2.24. The average molecular weight is 298 g/mol. The maximum Gasteiger partial charge on any atom is 0.0790 e. The van der Waals surface area contributed by atoms with Crippen molar-refractivity contribution in [1.29, 1.82) is 5.26 Å². The minimum absolute atomic E-state index is 0.168. The second-order valence-corrected chi connectivity index (χ2v) is 4.90. The first-order valence-electron chi connectivity index (χ1n) is 5.09. The van der Waals surface area contributed by atoms with E-state index in [1.54, 1.807) is 30.3 Å². The first kappa shape index (κ1) is 13.2. The van der Waals surface area contributed by atoms with E-state index < -0.39 is 0 Å². The summed E-state index contributed by atoms with van der Waals surface area (Å²) in [7, 11) is 0. The van der Waals surface area contributed by atoms with Crippen molar-refractivity contribution in [1.82, 2.24) is 4.98 Å². The first-order valence-corrected chi connectivity index (χ1v) is 6.22. The van der Waals surface area contributed by atoms with Crippen LogP contribution in [0.5, 0.6) is 0 Å². The molecule has 0 spiro atoms. The molecule has 0 N–H and O–H groups in total. The van der Waals surface area contributed by atoms with Crippen LogP contribution < -0.4 is 0 Å². The molecule has 0 aliphatic heterocycles. The molecular formula is C13H7Cl3N2. The zero-order valence-corrected chi connectivity index (χ0v) is 11.4. The van der Waals surface area contributed by atoms with E-state index in [4.69, 9.17) is 40.1 Å². The molecule has 2 nitrogen and oxygen atoms in total. The molecule has 90 valence electrons. The van der Waals surface area contributed by atoms with Gasteiger partial charge in [0.2, 0.25) is 0 Å². The Bertz CT molecular complexity index is 612. The van der Waals surface area contributed by atoms with Gasteiger partial charge in [0.05, 0.1) is 28.9 Å². The Morgan fingerprint density at radius 3 is 2.33 bits per heavy atom. The quantitative estimate of drug-likeness (QED) is 0.800. The highest BCUT2D eigenvalue weighted by atomic mass is 35.5. The van der Waals surface area contributed by atoms with Crippen molar-refractivity contribution in [3.63, 3.8) is 0 Å². The van der Waals surface area contributed by atoms with E-state index in [2.05, 4.69) is 4.98 Å². The third-order valence-electron chi connectivity index (χ3n) is 2.32. The standard InChI is InChI=1S/C13H7Cl3N2/c14-9-5-8(6-10(15)7-9)12-2-1-11(16)13(18-12)3-4-17/h1-2,5-7H,3H2. The zero-order valence-electron chi connectivity index (χ0n) is 9.12. The largest absolute Gasteiger partial charge is 0.250 e. The summed E-state index contributed by atoms with van der Waals surface area (Å²) in [4.78, 5) is 4.34. The normalized spacial score (nSPS) is 10.1. The van der Waals surface area contributed by atoms with Crippen LogP contribution in [-0.4, -0.2) is 4.98 Å². The second-order valence-electron chi connectivity index (χ2n) is 3.62. The van der Waals surface area contributed by atoms with Crippen LogP contribution in [0.25, 0.3) is 11.3 Å². The molecule has 1 aromatic heterocycles. The van der Waals surface area contributed by atoms with E-state index in [-0.39, 0.29) is 6.42 Å². The third kappa shape index (κ3) is 2.94. The van der Waals surface area contributed by atoms with Crippen LogP contribution in [-0.2, 0) is 6.42 Å². The van der Waals surface area contributed by atoms with E-state index in [9.17, 15) is 0 Å². The van der Waals surface area contributed by atoms with E-state index in [0.29, 0.717) is 26.5 Å². The second kappa shape index (κ2) is 5.58. The van der Waals surface area contributed by atoms with Gasteiger partial charge >= 0.3 is 0 Å². The monoisotopic (exact) mass is 296 g/mol. The number of hydrogen-bond donors (Lipinski definition) is 0. The smallest absolute Gasteiger partial charge is 0.0790 e. The van der Waals surface area contributed by atoms with Gasteiger partial charge in [0.15, 0.2) is 0 Å². The number of rotatable bonds is 2. The van der Waals surface area contributed by atoms with Crippen molar-refractivity contribution in [2.75, 3.05) is 0 Å². The minimum atomic E-state index is 0.168. The molecule has 2 aromatic rings.